The smallest absolute Gasteiger partial charge is 0.190 e. The molecule has 0 saturated heterocycles. The Kier molecular flexibility index (Phi) is 3.57. The Bertz CT molecular complexity index is 407. The number of halogens is 1. The predicted molar refractivity (Wildman–Crippen MR) is 72.8 cm³/mol. The molecule has 17 heavy (non-hydrogen) atoms. The summed E-state index contributed by atoms with van der Waals surface area (Å²) in [7, 11) is 3.65. The van der Waals surface area contributed by atoms with Crippen LogP contribution < -0.4 is 10.6 Å². The fourth-order valence-electron chi connectivity index (χ4n) is 2.05. The van der Waals surface area contributed by atoms with Gasteiger partial charge >= 0.3 is 0 Å². The molecule has 1 aromatic rings. The van der Waals surface area contributed by atoms with Crippen molar-refractivity contribution in [1.29, 1.82) is 0 Å². The highest BCUT2D eigenvalue weighted by molar-refractivity contribution is 6.30. The van der Waals surface area contributed by atoms with Crippen molar-refractivity contribution in [3.8, 4) is 0 Å². The van der Waals surface area contributed by atoms with Gasteiger partial charge in [0.05, 0.1) is 0 Å². The summed E-state index contributed by atoms with van der Waals surface area (Å²) < 4.78 is 0. The molecule has 0 heterocycles. The van der Waals surface area contributed by atoms with Gasteiger partial charge in [-0.1, -0.05) is 23.7 Å². The number of nitrogens with zero attached hydrogens (tertiary/aromatic N) is 1. The quantitative estimate of drug-likeness (QED) is 0.638. The first-order valence-corrected chi connectivity index (χ1v) is 6.22. The third-order valence-electron chi connectivity index (χ3n) is 3.36. The Hall–Kier alpha value is -1.22. The average molecular weight is 252 g/mol. The zero-order valence-corrected chi connectivity index (χ0v) is 11.0. The molecule has 92 valence electrons. The number of hydrogen-bond acceptors (Lipinski definition) is 1. The van der Waals surface area contributed by atoms with Crippen molar-refractivity contribution in [2.45, 2.75) is 18.3 Å². The molecular formula is C13H18ClN3. The Morgan fingerprint density at radius 1 is 1.35 bits per heavy atom. The highest BCUT2D eigenvalue weighted by atomic mass is 35.5. The van der Waals surface area contributed by atoms with Crippen molar-refractivity contribution in [3.63, 3.8) is 0 Å². The summed E-state index contributed by atoms with van der Waals surface area (Å²) in [6.45, 7) is 0.919. The first-order chi connectivity index (χ1) is 8.20. The maximum atomic E-state index is 5.91. The van der Waals surface area contributed by atoms with E-state index in [4.69, 9.17) is 11.6 Å². The van der Waals surface area contributed by atoms with Gasteiger partial charge in [-0.05, 0) is 30.5 Å². The minimum absolute atomic E-state index is 0.275. The Balaban J connectivity index is 2.02. The van der Waals surface area contributed by atoms with Crippen molar-refractivity contribution >= 4 is 17.6 Å². The van der Waals surface area contributed by atoms with E-state index in [0.717, 1.165) is 17.5 Å². The van der Waals surface area contributed by atoms with Crippen LogP contribution in [0.4, 0.5) is 0 Å². The highest BCUT2D eigenvalue weighted by Gasteiger charge is 2.44. The number of benzene rings is 1. The van der Waals surface area contributed by atoms with Gasteiger partial charge in [0.15, 0.2) is 5.96 Å². The average Bonchev–Trinajstić information content (AvgIpc) is 3.12. The Labute approximate surface area is 107 Å². The van der Waals surface area contributed by atoms with Crippen LogP contribution in [-0.4, -0.2) is 26.6 Å². The minimum Gasteiger partial charge on any atom is -0.359 e. The van der Waals surface area contributed by atoms with Gasteiger partial charge in [0.2, 0.25) is 0 Å². The molecule has 0 aliphatic heterocycles. The van der Waals surface area contributed by atoms with E-state index in [2.05, 4.69) is 27.8 Å². The van der Waals surface area contributed by atoms with Crippen LogP contribution in [0.25, 0.3) is 0 Å². The second-order valence-electron chi connectivity index (χ2n) is 4.46. The molecule has 4 heteroatoms. The van der Waals surface area contributed by atoms with E-state index in [0.29, 0.717) is 0 Å². The zero-order valence-electron chi connectivity index (χ0n) is 10.3. The number of nitrogens with one attached hydrogen (secondary N) is 2. The van der Waals surface area contributed by atoms with Crippen LogP contribution >= 0.6 is 11.6 Å². The monoisotopic (exact) mass is 251 g/mol. The van der Waals surface area contributed by atoms with E-state index < -0.39 is 0 Å². The van der Waals surface area contributed by atoms with Gasteiger partial charge in [-0.15, -0.1) is 0 Å². The van der Waals surface area contributed by atoms with E-state index >= 15 is 0 Å². The summed E-state index contributed by atoms with van der Waals surface area (Å²) in [5.41, 5.74) is 1.64. The molecule has 0 atom stereocenters. The number of guanidine groups is 1. The lowest BCUT2D eigenvalue weighted by atomic mass is 9.96. The molecule has 0 radical (unpaired) electrons. The first-order valence-electron chi connectivity index (χ1n) is 5.85. The van der Waals surface area contributed by atoms with E-state index in [-0.39, 0.29) is 5.41 Å². The predicted octanol–water partition coefficient (Wildman–Crippen LogP) is 2.17. The molecule has 1 saturated carbocycles. The van der Waals surface area contributed by atoms with Crippen molar-refractivity contribution in [2.24, 2.45) is 4.99 Å². The Morgan fingerprint density at radius 2 is 2.00 bits per heavy atom. The summed E-state index contributed by atoms with van der Waals surface area (Å²) in [4.78, 5) is 4.12. The summed E-state index contributed by atoms with van der Waals surface area (Å²) in [6, 6.07) is 8.17. The molecule has 1 aliphatic rings. The molecule has 0 bridgehead atoms. The maximum absolute atomic E-state index is 5.91. The van der Waals surface area contributed by atoms with Crippen LogP contribution in [-0.2, 0) is 5.41 Å². The van der Waals surface area contributed by atoms with Crippen LogP contribution in [0, 0.1) is 0 Å². The molecule has 2 N–H and O–H groups in total. The summed E-state index contributed by atoms with van der Waals surface area (Å²) in [5.74, 6) is 0.838. The lowest BCUT2D eigenvalue weighted by molar-refractivity contribution is 0.651. The lowest BCUT2D eigenvalue weighted by Gasteiger charge is -2.18. The SMILES string of the molecule is CN=C(NC)NCC1(c2ccc(Cl)cc2)CC1. The standard InChI is InChI=1S/C13H18ClN3/c1-15-12(16-2)17-9-13(7-8-13)10-3-5-11(14)6-4-10/h3-6H,7-9H2,1-2H3,(H2,15,16,17). The summed E-state index contributed by atoms with van der Waals surface area (Å²) in [5, 5.41) is 7.17. The van der Waals surface area contributed by atoms with Gasteiger partial charge in [-0.25, -0.2) is 0 Å². The maximum Gasteiger partial charge on any atom is 0.190 e. The number of rotatable bonds is 3. The van der Waals surface area contributed by atoms with Crippen molar-refractivity contribution in [2.75, 3.05) is 20.6 Å². The van der Waals surface area contributed by atoms with Crippen LogP contribution in [0.1, 0.15) is 18.4 Å². The molecule has 0 amide bonds. The van der Waals surface area contributed by atoms with Crippen LogP contribution in [0.3, 0.4) is 0 Å². The van der Waals surface area contributed by atoms with Crippen LogP contribution in [0.15, 0.2) is 29.3 Å². The molecule has 3 nitrogen and oxygen atoms in total. The molecular weight excluding hydrogens is 234 g/mol. The van der Waals surface area contributed by atoms with Gasteiger partial charge in [0.25, 0.3) is 0 Å². The molecule has 0 spiro atoms. The Morgan fingerprint density at radius 3 is 2.47 bits per heavy atom. The van der Waals surface area contributed by atoms with Crippen LogP contribution in [0.2, 0.25) is 5.02 Å². The summed E-state index contributed by atoms with van der Waals surface area (Å²) >= 11 is 5.91. The third kappa shape index (κ3) is 2.72. The second-order valence-corrected chi connectivity index (χ2v) is 4.90. The van der Waals surface area contributed by atoms with Crippen molar-refractivity contribution < 1.29 is 0 Å². The summed E-state index contributed by atoms with van der Waals surface area (Å²) in [6.07, 6.45) is 2.45. The van der Waals surface area contributed by atoms with Crippen molar-refractivity contribution in [1.82, 2.24) is 10.6 Å². The van der Waals surface area contributed by atoms with Gasteiger partial charge in [0, 0.05) is 31.1 Å². The molecule has 1 fully saturated rings. The van der Waals surface area contributed by atoms with E-state index in [1.165, 1.54) is 18.4 Å². The molecule has 2 rings (SSSR count). The lowest BCUT2D eigenvalue weighted by Crippen LogP contribution is -2.39. The van der Waals surface area contributed by atoms with Crippen molar-refractivity contribution in [3.05, 3.63) is 34.9 Å². The van der Waals surface area contributed by atoms with E-state index in [1.54, 1.807) is 7.05 Å². The van der Waals surface area contributed by atoms with E-state index in [1.807, 2.05) is 19.2 Å². The second kappa shape index (κ2) is 4.96. The first kappa shape index (κ1) is 12.2. The number of hydrogen-bond donors (Lipinski definition) is 2. The van der Waals surface area contributed by atoms with Gasteiger partial charge in [-0.3, -0.25) is 4.99 Å². The highest BCUT2D eigenvalue weighted by Crippen LogP contribution is 2.47. The van der Waals surface area contributed by atoms with Gasteiger partial charge < -0.3 is 10.6 Å². The molecule has 0 aromatic heterocycles. The topological polar surface area (TPSA) is 36.4 Å². The van der Waals surface area contributed by atoms with Gasteiger partial charge in [-0.2, -0.15) is 0 Å². The number of aliphatic imine (C=N–C) groups is 1. The molecule has 1 aromatic carbocycles. The minimum atomic E-state index is 0.275. The van der Waals surface area contributed by atoms with E-state index in [9.17, 15) is 0 Å². The molecule has 1 aliphatic carbocycles. The fraction of sp³-hybridized carbons (Fsp3) is 0.462. The van der Waals surface area contributed by atoms with Gasteiger partial charge in [0.1, 0.15) is 0 Å². The molecule has 0 unspecified atom stereocenters. The zero-order chi connectivity index (χ0) is 12.3. The largest absolute Gasteiger partial charge is 0.359 e. The van der Waals surface area contributed by atoms with Crippen LogP contribution in [0.5, 0.6) is 0 Å². The normalized spacial score (nSPS) is 17.7. The fourth-order valence-corrected chi connectivity index (χ4v) is 2.18. The third-order valence-corrected chi connectivity index (χ3v) is 3.62.